The van der Waals surface area contributed by atoms with Gasteiger partial charge < -0.3 is 5.11 Å². The SMILES string of the molecule is OC1=CN=C(Cl)C=CC1. The molecular formula is C6H6ClNO. The summed E-state index contributed by atoms with van der Waals surface area (Å²) in [5.74, 6) is 0.238. The minimum Gasteiger partial charge on any atom is -0.510 e. The molecule has 1 N–H and O–H groups in total. The second-order valence-electron chi connectivity index (χ2n) is 1.68. The van der Waals surface area contributed by atoms with E-state index in [2.05, 4.69) is 4.99 Å². The molecule has 0 saturated carbocycles. The van der Waals surface area contributed by atoms with E-state index >= 15 is 0 Å². The monoisotopic (exact) mass is 143 g/mol. The van der Waals surface area contributed by atoms with Gasteiger partial charge in [-0.25, -0.2) is 4.99 Å². The Morgan fingerprint density at radius 1 is 1.67 bits per heavy atom. The highest BCUT2D eigenvalue weighted by atomic mass is 35.5. The van der Waals surface area contributed by atoms with Crippen LogP contribution in [0, 0.1) is 0 Å². The molecule has 0 unspecified atom stereocenters. The number of hydrogen-bond donors (Lipinski definition) is 1. The van der Waals surface area contributed by atoms with Crippen molar-refractivity contribution in [1.82, 2.24) is 0 Å². The van der Waals surface area contributed by atoms with Gasteiger partial charge in [-0.15, -0.1) is 0 Å². The number of rotatable bonds is 0. The van der Waals surface area contributed by atoms with Crippen LogP contribution in [0.15, 0.2) is 29.1 Å². The van der Waals surface area contributed by atoms with Crippen molar-refractivity contribution in [2.24, 2.45) is 4.99 Å². The third kappa shape index (κ3) is 1.90. The quantitative estimate of drug-likeness (QED) is 0.553. The molecule has 2 nitrogen and oxygen atoms in total. The maximum absolute atomic E-state index is 8.85. The Balaban J connectivity index is 2.80. The molecule has 0 atom stereocenters. The Morgan fingerprint density at radius 2 is 2.44 bits per heavy atom. The van der Waals surface area contributed by atoms with Crippen LogP contribution in [0.25, 0.3) is 0 Å². The molecule has 0 saturated heterocycles. The summed E-state index contributed by atoms with van der Waals surface area (Å²) in [6.45, 7) is 0. The molecule has 1 aliphatic heterocycles. The minimum atomic E-state index is 0.238. The Morgan fingerprint density at radius 3 is 3.22 bits per heavy atom. The predicted molar refractivity (Wildman–Crippen MR) is 37.8 cm³/mol. The lowest BCUT2D eigenvalue weighted by Gasteiger charge is -1.85. The lowest BCUT2D eigenvalue weighted by Crippen LogP contribution is -1.72. The van der Waals surface area contributed by atoms with E-state index in [-0.39, 0.29) is 5.76 Å². The molecule has 0 radical (unpaired) electrons. The summed E-state index contributed by atoms with van der Waals surface area (Å²) in [4.78, 5) is 3.69. The lowest BCUT2D eigenvalue weighted by atomic mass is 10.3. The van der Waals surface area contributed by atoms with E-state index in [1.165, 1.54) is 6.20 Å². The van der Waals surface area contributed by atoms with Crippen molar-refractivity contribution >= 4 is 16.8 Å². The molecule has 0 aliphatic carbocycles. The molecule has 0 spiro atoms. The van der Waals surface area contributed by atoms with Gasteiger partial charge >= 0.3 is 0 Å². The molecular weight excluding hydrogens is 138 g/mol. The smallest absolute Gasteiger partial charge is 0.128 e. The highest BCUT2D eigenvalue weighted by Gasteiger charge is 1.93. The maximum Gasteiger partial charge on any atom is 0.128 e. The van der Waals surface area contributed by atoms with Crippen LogP contribution < -0.4 is 0 Å². The number of aliphatic hydroxyl groups excluding tert-OH is 1. The third-order valence-electron chi connectivity index (χ3n) is 0.919. The summed E-state index contributed by atoms with van der Waals surface area (Å²) in [7, 11) is 0. The van der Waals surface area contributed by atoms with E-state index in [0.29, 0.717) is 11.6 Å². The number of aliphatic imine (C=N–C) groups is 1. The molecule has 9 heavy (non-hydrogen) atoms. The van der Waals surface area contributed by atoms with E-state index in [4.69, 9.17) is 16.7 Å². The highest BCUT2D eigenvalue weighted by Crippen LogP contribution is 2.04. The van der Waals surface area contributed by atoms with Crippen LogP contribution in [0.3, 0.4) is 0 Å². The fraction of sp³-hybridized carbons (Fsp3) is 0.167. The average molecular weight is 144 g/mol. The highest BCUT2D eigenvalue weighted by molar-refractivity contribution is 6.68. The Labute approximate surface area is 58.2 Å². The largest absolute Gasteiger partial charge is 0.510 e. The molecule has 0 aromatic heterocycles. The van der Waals surface area contributed by atoms with Crippen LogP contribution in [0.2, 0.25) is 0 Å². The third-order valence-corrected chi connectivity index (χ3v) is 1.14. The second kappa shape index (κ2) is 2.69. The molecule has 0 fully saturated rings. The number of nitrogens with zero attached hydrogens (tertiary/aromatic N) is 1. The number of allylic oxidation sites excluding steroid dienone is 2. The first-order valence-electron chi connectivity index (χ1n) is 2.57. The molecule has 1 aliphatic rings. The zero-order chi connectivity index (χ0) is 6.69. The van der Waals surface area contributed by atoms with Crippen molar-refractivity contribution in [2.75, 3.05) is 0 Å². The first-order valence-corrected chi connectivity index (χ1v) is 2.94. The van der Waals surface area contributed by atoms with Gasteiger partial charge in [0.2, 0.25) is 0 Å². The van der Waals surface area contributed by atoms with Crippen LogP contribution in [0.5, 0.6) is 0 Å². The van der Waals surface area contributed by atoms with Gasteiger partial charge in [0.1, 0.15) is 10.9 Å². The van der Waals surface area contributed by atoms with Gasteiger partial charge in [-0.2, -0.15) is 0 Å². The summed E-state index contributed by atoms with van der Waals surface area (Å²) >= 11 is 5.49. The van der Waals surface area contributed by atoms with Crippen LogP contribution >= 0.6 is 11.6 Å². The van der Waals surface area contributed by atoms with Gasteiger partial charge in [-0.3, -0.25) is 0 Å². The number of hydrogen-bond acceptors (Lipinski definition) is 2. The van der Waals surface area contributed by atoms with Crippen molar-refractivity contribution in [3.63, 3.8) is 0 Å². The molecule has 0 aromatic carbocycles. The fourth-order valence-electron chi connectivity index (χ4n) is 0.509. The average Bonchev–Trinajstić information content (AvgIpc) is 1.97. The molecule has 1 rings (SSSR count). The standard InChI is InChI=1S/C6H6ClNO/c7-6-3-1-2-5(9)4-8-6/h1,3-4,9H,2H2. The van der Waals surface area contributed by atoms with Crippen molar-refractivity contribution < 1.29 is 5.11 Å². The minimum absolute atomic E-state index is 0.238. The summed E-state index contributed by atoms with van der Waals surface area (Å²) in [6, 6.07) is 0. The van der Waals surface area contributed by atoms with Crippen molar-refractivity contribution in [2.45, 2.75) is 6.42 Å². The van der Waals surface area contributed by atoms with E-state index in [0.717, 1.165) is 0 Å². The van der Waals surface area contributed by atoms with Crippen LogP contribution in [-0.4, -0.2) is 10.3 Å². The Kier molecular flexibility index (Phi) is 1.90. The van der Waals surface area contributed by atoms with Crippen LogP contribution in [-0.2, 0) is 0 Å². The van der Waals surface area contributed by atoms with Gasteiger partial charge in [-0.05, 0) is 6.08 Å². The van der Waals surface area contributed by atoms with Crippen LogP contribution in [0.1, 0.15) is 6.42 Å². The van der Waals surface area contributed by atoms with Gasteiger partial charge in [-0.1, -0.05) is 17.7 Å². The molecule has 1 heterocycles. The van der Waals surface area contributed by atoms with Crippen LogP contribution in [0.4, 0.5) is 0 Å². The van der Waals surface area contributed by atoms with Gasteiger partial charge in [0.05, 0.1) is 6.20 Å². The van der Waals surface area contributed by atoms with Gasteiger partial charge in [0.25, 0.3) is 0 Å². The summed E-state index contributed by atoms with van der Waals surface area (Å²) < 4.78 is 0. The van der Waals surface area contributed by atoms with Crippen molar-refractivity contribution in [3.05, 3.63) is 24.1 Å². The van der Waals surface area contributed by atoms with Gasteiger partial charge in [0.15, 0.2) is 0 Å². The first kappa shape index (κ1) is 6.36. The number of halogens is 1. The zero-order valence-corrected chi connectivity index (χ0v) is 5.47. The summed E-state index contributed by atoms with van der Waals surface area (Å²) in [5.41, 5.74) is 0. The van der Waals surface area contributed by atoms with E-state index in [9.17, 15) is 0 Å². The van der Waals surface area contributed by atoms with Gasteiger partial charge in [0, 0.05) is 6.42 Å². The van der Waals surface area contributed by atoms with Crippen molar-refractivity contribution in [1.29, 1.82) is 0 Å². The Hall–Kier alpha value is -0.760. The lowest BCUT2D eigenvalue weighted by molar-refractivity contribution is 0.400. The predicted octanol–water partition coefficient (Wildman–Crippen LogP) is 1.98. The van der Waals surface area contributed by atoms with Crippen molar-refractivity contribution in [3.8, 4) is 0 Å². The first-order chi connectivity index (χ1) is 4.29. The topological polar surface area (TPSA) is 32.6 Å². The zero-order valence-electron chi connectivity index (χ0n) is 4.71. The van der Waals surface area contributed by atoms with E-state index in [1.54, 1.807) is 12.2 Å². The fourth-order valence-corrected chi connectivity index (χ4v) is 0.647. The molecule has 48 valence electrons. The molecule has 3 heteroatoms. The molecule has 0 amide bonds. The second-order valence-corrected chi connectivity index (χ2v) is 2.07. The summed E-state index contributed by atoms with van der Waals surface area (Å²) in [5, 5.41) is 9.25. The van der Waals surface area contributed by atoms with E-state index in [1.807, 2.05) is 0 Å². The maximum atomic E-state index is 8.85. The number of aliphatic hydroxyl groups is 1. The normalized spacial score (nSPS) is 18.3. The molecule has 0 aromatic rings. The molecule has 0 bridgehead atoms. The Bertz CT molecular complexity index is 193. The summed E-state index contributed by atoms with van der Waals surface area (Å²) in [6.07, 6.45) is 5.27. The van der Waals surface area contributed by atoms with E-state index < -0.39 is 0 Å².